The lowest BCUT2D eigenvalue weighted by molar-refractivity contribution is 0.0695. The Bertz CT molecular complexity index is 894. The minimum Gasteiger partial charge on any atom is -0.478 e. The molecule has 2 aliphatic rings. The average molecular weight is 463 g/mol. The van der Waals surface area contributed by atoms with Crippen LogP contribution < -0.4 is 5.32 Å². The molecule has 2 saturated heterocycles. The number of hydrogen-bond acceptors (Lipinski definition) is 3. The van der Waals surface area contributed by atoms with Crippen molar-refractivity contribution in [3.63, 3.8) is 0 Å². The first-order valence-corrected chi connectivity index (χ1v) is 11.1. The molecule has 0 aliphatic carbocycles. The van der Waals surface area contributed by atoms with Crippen LogP contribution in [0, 0.1) is 27.7 Å². The highest BCUT2D eigenvalue weighted by Gasteiger charge is 2.22. The molecule has 2 fully saturated rings. The average Bonchev–Trinajstić information content (AvgIpc) is 3.54. The van der Waals surface area contributed by atoms with Crippen LogP contribution in [0.2, 0.25) is 0 Å². The first-order chi connectivity index (χ1) is 14.6. The number of nitrogens with one attached hydrogen (secondary N) is 1. The van der Waals surface area contributed by atoms with Crippen molar-refractivity contribution in [1.29, 1.82) is 0 Å². The summed E-state index contributed by atoms with van der Waals surface area (Å²) in [6.07, 6.45) is 5.08. The first kappa shape index (κ1) is 30.5. The summed E-state index contributed by atoms with van der Waals surface area (Å²) in [4.78, 5) is 24.7. The van der Waals surface area contributed by atoms with Gasteiger partial charge < -0.3 is 24.5 Å². The molecule has 0 radical (unpaired) electrons. The summed E-state index contributed by atoms with van der Waals surface area (Å²) in [5.74, 6) is -0.653. The predicted molar refractivity (Wildman–Crippen MR) is 137 cm³/mol. The zero-order valence-corrected chi connectivity index (χ0v) is 19.9. The van der Waals surface area contributed by atoms with Crippen molar-refractivity contribution < 1.29 is 14.7 Å². The van der Waals surface area contributed by atoms with Gasteiger partial charge in [0, 0.05) is 50.0 Å². The van der Waals surface area contributed by atoms with E-state index in [0.29, 0.717) is 5.56 Å². The van der Waals surface area contributed by atoms with Crippen LogP contribution in [0.5, 0.6) is 0 Å². The van der Waals surface area contributed by atoms with Gasteiger partial charge in [-0.1, -0.05) is 14.9 Å². The summed E-state index contributed by atoms with van der Waals surface area (Å²) in [5.41, 5.74) is 5.26. The van der Waals surface area contributed by atoms with E-state index in [1.807, 2.05) is 50.4 Å². The Kier molecular flexibility index (Phi) is 12.8. The smallest absolute Gasteiger partial charge is 0.337 e. The highest BCUT2D eigenvalue weighted by atomic mass is 16.4. The van der Waals surface area contributed by atoms with E-state index in [9.17, 15) is 9.59 Å². The van der Waals surface area contributed by atoms with E-state index in [1.54, 1.807) is 13.0 Å². The van der Waals surface area contributed by atoms with Crippen LogP contribution in [0.1, 0.15) is 84.0 Å². The second-order valence-electron chi connectivity index (χ2n) is 8.45. The van der Waals surface area contributed by atoms with Gasteiger partial charge >= 0.3 is 5.97 Å². The Morgan fingerprint density at radius 3 is 1.48 bits per heavy atom. The van der Waals surface area contributed by atoms with Crippen molar-refractivity contribution >= 4 is 11.9 Å². The molecule has 2 aromatic rings. The third-order valence-corrected chi connectivity index (χ3v) is 6.36. The van der Waals surface area contributed by atoms with Crippen molar-refractivity contribution in [2.24, 2.45) is 14.1 Å². The van der Waals surface area contributed by atoms with Crippen LogP contribution in [0.4, 0.5) is 0 Å². The third kappa shape index (κ3) is 7.77. The molecule has 4 heterocycles. The molecular formula is C26H46N4O3. The number of aromatic nitrogens is 2. The van der Waals surface area contributed by atoms with Crippen LogP contribution in [0.15, 0.2) is 12.1 Å². The van der Waals surface area contributed by atoms with E-state index < -0.39 is 5.97 Å². The van der Waals surface area contributed by atoms with Crippen molar-refractivity contribution in [3.05, 3.63) is 46.0 Å². The summed E-state index contributed by atoms with van der Waals surface area (Å²) < 4.78 is 3.94. The Hall–Kier alpha value is -2.54. The number of carboxylic acid groups (broad SMARTS) is 1. The standard InChI is InChI=1S/C12H18N2O.C8H11NO2.C4H9N.2CH4/c1-9-8-11(10(2)13(9)3)12(15)14-6-4-5-7-14;1-5-4-7(8(10)11)6(2)9(5)3;1-2-4-5-3-1;;/h8H,4-7H2,1-3H3;4H,1-3H3,(H,10,11);5H,1-4H2;2*1H4. The molecule has 33 heavy (non-hydrogen) atoms. The minimum atomic E-state index is -0.855. The van der Waals surface area contributed by atoms with E-state index in [0.717, 1.165) is 54.3 Å². The molecule has 0 bridgehead atoms. The van der Waals surface area contributed by atoms with Crippen molar-refractivity contribution in [3.8, 4) is 0 Å². The van der Waals surface area contributed by atoms with E-state index >= 15 is 0 Å². The molecular weight excluding hydrogens is 416 g/mol. The topological polar surface area (TPSA) is 79.5 Å². The SMILES string of the molecule is C.C.C1CCNC1.Cc1cc(C(=O)N2CCCC2)c(C)n1C.Cc1cc(C(=O)O)c(C)n1C. The van der Waals surface area contributed by atoms with Crippen LogP contribution in [0.3, 0.4) is 0 Å². The van der Waals surface area contributed by atoms with Crippen molar-refractivity contribution in [1.82, 2.24) is 19.4 Å². The second kappa shape index (κ2) is 13.9. The third-order valence-electron chi connectivity index (χ3n) is 6.36. The molecule has 2 N–H and O–H groups in total. The number of aromatic carboxylic acids is 1. The quantitative estimate of drug-likeness (QED) is 0.668. The van der Waals surface area contributed by atoms with Gasteiger partial charge in [-0.25, -0.2) is 4.79 Å². The molecule has 0 aromatic carbocycles. The van der Waals surface area contributed by atoms with Gasteiger partial charge in [0.25, 0.3) is 5.91 Å². The predicted octanol–water partition coefficient (Wildman–Crippen LogP) is 4.86. The monoisotopic (exact) mass is 462 g/mol. The summed E-state index contributed by atoms with van der Waals surface area (Å²) in [5, 5.41) is 11.9. The maximum Gasteiger partial charge on any atom is 0.337 e. The van der Waals surface area contributed by atoms with Gasteiger partial charge in [0.15, 0.2) is 0 Å². The molecule has 0 saturated carbocycles. The summed E-state index contributed by atoms with van der Waals surface area (Å²) in [6.45, 7) is 12.1. The largest absolute Gasteiger partial charge is 0.478 e. The summed E-state index contributed by atoms with van der Waals surface area (Å²) >= 11 is 0. The molecule has 7 heteroatoms. The summed E-state index contributed by atoms with van der Waals surface area (Å²) in [6, 6.07) is 3.67. The van der Waals surface area contributed by atoms with Crippen LogP contribution >= 0.6 is 0 Å². The van der Waals surface area contributed by atoms with E-state index in [1.165, 1.54) is 25.9 Å². The van der Waals surface area contributed by atoms with Gasteiger partial charge in [-0.3, -0.25) is 4.79 Å². The molecule has 2 aliphatic heterocycles. The van der Waals surface area contributed by atoms with E-state index in [2.05, 4.69) is 9.88 Å². The molecule has 2 aromatic heterocycles. The molecule has 0 atom stereocenters. The number of amides is 1. The van der Waals surface area contributed by atoms with Gasteiger partial charge in [0.05, 0.1) is 11.1 Å². The van der Waals surface area contributed by atoms with Crippen LogP contribution in [-0.4, -0.2) is 57.2 Å². The number of rotatable bonds is 2. The number of aryl methyl sites for hydroxylation is 2. The lowest BCUT2D eigenvalue weighted by Gasteiger charge is -2.14. The van der Waals surface area contributed by atoms with Crippen LogP contribution in [-0.2, 0) is 14.1 Å². The van der Waals surface area contributed by atoms with Gasteiger partial charge in [-0.15, -0.1) is 0 Å². The zero-order chi connectivity index (χ0) is 23.1. The second-order valence-corrected chi connectivity index (χ2v) is 8.45. The van der Waals surface area contributed by atoms with Crippen LogP contribution in [0.25, 0.3) is 0 Å². The molecule has 1 amide bonds. The molecule has 188 valence electrons. The number of nitrogens with zero attached hydrogens (tertiary/aromatic N) is 3. The first-order valence-electron chi connectivity index (χ1n) is 11.1. The molecule has 4 rings (SSSR count). The molecule has 7 nitrogen and oxygen atoms in total. The molecule has 0 spiro atoms. The van der Waals surface area contributed by atoms with Crippen molar-refractivity contribution in [2.45, 2.75) is 68.2 Å². The number of hydrogen-bond donors (Lipinski definition) is 2. The van der Waals surface area contributed by atoms with Crippen molar-refractivity contribution in [2.75, 3.05) is 26.2 Å². The number of carboxylic acids is 1. The highest BCUT2D eigenvalue weighted by molar-refractivity contribution is 5.95. The number of likely N-dealkylation sites (tertiary alicyclic amines) is 1. The number of carbonyl (C=O) groups excluding carboxylic acids is 1. The highest BCUT2D eigenvalue weighted by Crippen LogP contribution is 2.18. The zero-order valence-electron chi connectivity index (χ0n) is 19.9. The van der Waals surface area contributed by atoms with Gasteiger partial charge in [0.2, 0.25) is 0 Å². The fourth-order valence-corrected chi connectivity index (χ4v) is 3.86. The van der Waals surface area contributed by atoms with E-state index in [-0.39, 0.29) is 20.8 Å². The lowest BCUT2D eigenvalue weighted by atomic mass is 10.2. The minimum absolute atomic E-state index is 0. The van der Waals surface area contributed by atoms with Gasteiger partial charge in [-0.05, 0) is 78.6 Å². The normalized spacial score (nSPS) is 14.3. The maximum absolute atomic E-state index is 12.1. The fraction of sp³-hybridized carbons (Fsp3) is 0.615. The fourth-order valence-electron chi connectivity index (χ4n) is 3.86. The number of carbonyl (C=O) groups is 2. The molecule has 0 unspecified atom stereocenters. The Balaban J connectivity index is 0.000000502. The maximum atomic E-state index is 12.1. The van der Waals surface area contributed by atoms with E-state index in [4.69, 9.17) is 5.11 Å². The summed E-state index contributed by atoms with van der Waals surface area (Å²) in [7, 11) is 3.86. The Labute approximate surface area is 200 Å². The van der Waals surface area contributed by atoms with Gasteiger partial charge in [-0.2, -0.15) is 0 Å². The Morgan fingerprint density at radius 2 is 1.21 bits per heavy atom. The Morgan fingerprint density at radius 1 is 0.788 bits per heavy atom. The lowest BCUT2D eigenvalue weighted by Crippen LogP contribution is -2.27. The van der Waals surface area contributed by atoms with Gasteiger partial charge in [0.1, 0.15) is 0 Å².